The minimum atomic E-state index is -4.34. The van der Waals surface area contributed by atoms with E-state index < -0.39 is 11.7 Å². The van der Waals surface area contributed by atoms with Crippen LogP contribution in [0.1, 0.15) is 18.1 Å². The summed E-state index contributed by atoms with van der Waals surface area (Å²) in [5.41, 5.74) is 0.381. The van der Waals surface area contributed by atoms with Gasteiger partial charge in [0.1, 0.15) is 11.5 Å². The van der Waals surface area contributed by atoms with E-state index in [2.05, 4.69) is 6.07 Å². The second-order valence-electron chi connectivity index (χ2n) is 6.30. The first-order valence-corrected chi connectivity index (χ1v) is 9.97. The molecule has 0 saturated carbocycles. The molecule has 0 fully saturated rings. The minimum absolute atomic E-state index is 0.106. The maximum atomic E-state index is 12.6. The van der Waals surface area contributed by atoms with Crippen LogP contribution in [0.3, 0.4) is 0 Å². The van der Waals surface area contributed by atoms with Crippen molar-refractivity contribution in [2.75, 3.05) is 32.7 Å². The topological polar surface area (TPSA) is 27.7 Å². The zero-order valence-corrected chi connectivity index (χ0v) is 17.0. The fraction of sp³-hybridized carbons (Fsp3) is 0.429. The summed E-state index contributed by atoms with van der Waals surface area (Å²) in [6, 6.07) is 10.8. The van der Waals surface area contributed by atoms with Crippen LogP contribution in [-0.4, -0.2) is 32.7 Å². The van der Waals surface area contributed by atoms with Gasteiger partial charge < -0.3 is 14.2 Å². The van der Waals surface area contributed by atoms with Gasteiger partial charge in [-0.15, -0.1) is 11.8 Å². The van der Waals surface area contributed by atoms with Crippen LogP contribution in [0, 0.1) is 12.8 Å². The van der Waals surface area contributed by atoms with E-state index in [4.69, 9.17) is 14.2 Å². The van der Waals surface area contributed by atoms with Crippen molar-refractivity contribution in [3.05, 3.63) is 53.6 Å². The molecule has 0 aromatic heterocycles. The molecule has 0 aliphatic carbocycles. The molecule has 0 bridgehead atoms. The minimum Gasteiger partial charge on any atom is -0.496 e. The van der Waals surface area contributed by atoms with E-state index in [1.165, 1.54) is 12.1 Å². The van der Waals surface area contributed by atoms with Gasteiger partial charge in [0.25, 0.3) is 0 Å². The fourth-order valence-electron chi connectivity index (χ4n) is 2.54. The molecule has 0 radical (unpaired) electrons. The van der Waals surface area contributed by atoms with Gasteiger partial charge in [-0.25, -0.2) is 0 Å². The fourth-order valence-corrected chi connectivity index (χ4v) is 3.58. The van der Waals surface area contributed by atoms with Crippen LogP contribution in [0.2, 0.25) is 0 Å². The van der Waals surface area contributed by atoms with Crippen LogP contribution in [0.4, 0.5) is 13.2 Å². The number of hydrogen-bond acceptors (Lipinski definition) is 4. The molecule has 0 heterocycles. The lowest BCUT2D eigenvalue weighted by Gasteiger charge is -2.18. The highest BCUT2D eigenvalue weighted by molar-refractivity contribution is 7.99. The van der Waals surface area contributed by atoms with Crippen molar-refractivity contribution >= 4 is 11.8 Å². The van der Waals surface area contributed by atoms with Crippen LogP contribution in [0.5, 0.6) is 11.5 Å². The van der Waals surface area contributed by atoms with Gasteiger partial charge >= 0.3 is 6.18 Å². The van der Waals surface area contributed by atoms with E-state index >= 15 is 0 Å². The highest BCUT2D eigenvalue weighted by Crippen LogP contribution is 2.31. The number of hydrogen-bond donors (Lipinski definition) is 0. The molecule has 1 unspecified atom stereocenters. The van der Waals surface area contributed by atoms with Crippen LogP contribution < -0.4 is 9.47 Å². The van der Waals surface area contributed by atoms with E-state index in [0.29, 0.717) is 25.6 Å². The molecular formula is C21H25F3O3S. The second-order valence-corrected chi connectivity index (χ2v) is 7.39. The molecule has 3 nitrogen and oxygen atoms in total. The zero-order valence-electron chi connectivity index (χ0n) is 16.2. The Morgan fingerprint density at radius 1 is 1.04 bits per heavy atom. The van der Waals surface area contributed by atoms with Gasteiger partial charge in [0.15, 0.2) is 0 Å². The van der Waals surface area contributed by atoms with Gasteiger partial charge in [0.05, 0.1) is 25.9 Å². The molecule has 0 aliphatic rings. The molecule has 7 heteroatoms. The van der Waals surface area contributed by atoms with E-state index in [0.717, 1.165) is 34.1 Å². The first-order valence-electron chi connectivity index (χ1n) is 8.98. The smallest absolute Gasteiger partial charge is 0.416 e. The molecule has 28 heavy (non-hydrogen) atoms. The van der Waals surface area contributed by atoms with Crippen LogP contribution in [0.15, 0.2) is 47.4 Å². The van der Waals surface area contributed by atoms with E-state index in [1.54, 1.807) is 18.9 Å². The number of ether oxygens (including phenoxy) is 3. The largest absolute Gasteiger partial charge is 0.496 e. The Morgan fingerprint density at radius 3 is 2.32 bits per heavy atom. The second kappa shape index (κ2) is 10.6. The van der Waals surface area contributed by atoms with Gasteiger partial charge in [0, 0.05) is 23.2 Å². The van der Waals surface area contributed by atoms with Gasteiger partial charge in [-0.3, -0.25) is 0 Å². The predicted molar refractivity (Wildman–Crippen MR) is 105 cm³/mol. The van der Waals surface area contributed by atoms with Crippen molar-refractivity contribution in [2.45, 2.75) is 24.9 Å². The van der Waals surface area contributed by atoms with Crippen molar-refractivity contribution in [2.24, 2.45) is 5.92 Å². The van der Waals surface area contributed by atoms with Crippen molar-refractivity contribution < 1.29 is 27.4 Å². The molecule has 1 atom stereocenters. The van der Waals surface area contributed by atoms with Crippen LogP contribution >= 0.6 is 11.8 Å². The zero-order chi connectivity index (χ0) is 20.6. The Hall–Kier alpha value is -1.86. The third-order valence-electron chi connectivity index (χ3n) is 4.08. The van der Waals surface area contributed by atoms with Crippen LogP contribution in [-0.2, 0) is 10.9 Å². The van der Waals surface area contributed by atoms with Gasteiger partial charge in [-0.2, -0.15) is 13.2 Å². The third kappa shape index (κ3) is 6.95. The normalized spacial score (nSPS) is 12.6. The Labute approximate surface area is 168 Å². The maximum absolute atomic E-state index is 12.6. The molecule has 0 spiro atoms. The molecule has 2 rings (SSSR count). The summed E-state index contributed by atoms with van der Waals surface area (Å²) in [5, 5.41) is 0. The van der Waals surface area contributed by atoms with Crippen molar-refractivity contribution in [1.29, 1.82) is 0 Å². The SMILES string of the molecule is CCOCC(COc1ccc(C(F)(F)F)cc1)CSc1ccc(OC)c(C)c1. The van der Waals surface area contributed by atoms with Gasteiger partial charge in [-0.1, -0.05) is 0 Å². The molecule has 0 N–H and O–H groups in total. The number of alkyl halides is 3. The molecule has 0 aliphatic heterocycles. The monoisotopic (exact) mass is 414 g/mol. The average molecular weight is 414 g/mol. The summed E-state index contributed by atoms with van der Waals surface area (Å²) in [5.74, 6) is 2.14. The third-order valence-corrected chi connectivity index (χ3v) is 5.30. The van der Waals surface area contributed by atoms with Crippen molar-refractivity contribution in [3.8, 4) is 11.5 Å². The first kappa shape index (κ1) is 22.4. The van der Waals surface area contributed by atoms with Crippen molar-refractivity contribution in [1.82, 2.24) is 0 Å². The molecule has 0 saturated heterocycles. The van der Waals surface area contributed by atoms with E-state index in [1.807, 2.05) is 26.0 Å². The standard InChI is InChI=1S/C21H25F3O3S/c1-4-26-12-16(14-28-19-9-10-20(25-3)15(2)11-19)13-27-18-7-5-17(6-8-18)21(22,23)24/h5-11,16H,4,12-14H2,1-3H3. The lowest BCUT2D eigenvalue weighted by atomic mass is 10.2. The Balaban J connectivity index is 1.92. The van der Waals surface area contributed by atoms with E-state index in [-0.39, 0.29) is 5.92 Å². The summed E-state index contributed by atoms with van der Waals surface area (Å²) in [6.45, 7) is 5.41. The van der Waals surface area contributed by atoms with Gasteiger partial charge in [-0.05, 0) is 61.9 Å². The number of halogens is 3. The lowest BCUT2D eigenvalue weighted by molar-refractivity contribution is -0.137. The molecular weight excluding hydrogens is 389 g/mol. The Kier molecular flexibility index (Phi) is 8.51. The summed E-state index contributed by atoms with van der Waals surface area (Å²) >= 11 is 1.69. The maximum Gasteiger partial charge on any atom is 0.416 e. The molecule has 2 aromatic rings. The molecule has 2 aromatic carbocycles. The van der Waals surface area contributed by atoms with E-state index in [9.17, 15) is 13.2 Å². The summed E-state index contributed by atoms with van der Waals surface area (Å²) in [6.07, 6.45) is -4.34. The number of benzene rings is 2. The lowest BCUT2D eigenvalue weighted by Crippen LogP contribution is -2.20. The Morgan fingerprint density at radius 2 is 1.75 bits per heavy atom. The number of rotatable bonds is 10. The molecule has 0 amide bonds. The number of thioether (sulfide) groups is 1. The highest BCUT2D eigenvalue weighted by atomic mass is 32.2. The first-order chi connectivity index (χ1) is 13.3. The quantitative estimate of drug-likeness (QED) is 0.456. The summed E-state index contributed by atoms with van der Waals surface area (Å²) in [4.78, 5) is 1.12. The summed E-state index contributed by atoms with van der Waals surface area (Å²) in [7, 11) is 1.64. The van der Waals surface area contributed by atoms with Crippen LogP contribution in [0.25, 0.3) is 0 Å². The summed E-state index contributed by atoms with van der Waals surface area (Å²) < 4.78 is 54.4. The Bertz CT molecular complexity index is 733. The molecule has 154 valence electrons. The number of aryl methyl sites for hydroxylation is 1. The van der Waals surface area contributed by atoms with Gasteiger partial charge in [0.2, 0.25) is 0 Å². The van der Waals surface area contributed by atoms with Crippen molar-refractivity contribution in [3.63, 3.8) is 0 Å². The average Bonchev–Trinajstić information content (AvgIpc) is 2.67. The number of methoxy groups -OCH3 is 1. The predicted octanol–water partition coefficient (Wildman–Crippen LogP) is 5.85. The highest BCUT2D eigenvalue weighted by Gasteiger charge is 2.30.